The minimum absolute atomic E-state index is 0.00324. The third-order valence-electron chi connectivity index (χ3n) is 7.33. The van der Waals surface area contributed by atoms with Gasteiger partial charge in [0.2, 0.25) is 5.91 Å². The molecule has 1 aromatic heterocycles. The Hall–Kier alpha value is -2.82. The Bertz CT molecular complexity index is 1250. The molecule has 1 amide bonds. The summed E-state index contributed by atoms with van der Waals surface area (Å²) in [4.78, 5) is 25.8. The fraction of sp³-hybridized carbons (Fsp3) is 0.560. The highest BCUT2D eigenvalue weighted by Gasteiger charge is 2.33. The standard InChI is InChI=1S/C25H30F2N4O4S/c1-16(32)31-11-6-21-22(15-31)28-24(17-7-12-36(33,34)13-8-17)25(29-21)30-9-4-19(5-10-30)35-23-3-2-18(26)14-20(23)27/h2-3,14,17,19H,4-13,15H2,1H3. The molecule has 1 aromatic carbocycles. The van der Waals surface area contributed by atoms with Crippen LogP contribution in [0.2, 0.25) is 0 Å². The molecule has 0 atom stereocenters. The number of hydrogen-bond donors (Lipinski definition) is 0. The molecule has 36 heavy (non-hydrogen) atoms. The topological polar surface area (TPSA) is 92.7 Å². The fourth-order valence-electron chi connectivity index (χ4n) is 5.21. The second-order valence-corrected chi connectivity index (χ2v) is 12.1. The number of anilines is 1. The number of amides is 1. The summed E-state index contributed by atoms with van der Waals surface area (Å²) >= 11 is 0. The summed E-state index contributed by atoms with van der Waals surface area (Å²) in [5.74, 6) is -0.290. The van der Waals surface area contributed by atoms with E-state index in [4.69, 9.17) is 14.7 Å². The van der Waals surface area contributed by atoms with Crippen molar-refractivity contribution < 1.29 is 26.7 Å². The summed E-state index contributed by atoms with van der Waals surface area (Å²) in [6.45, 7) is 3.80. The third kappa shape index (κ3) is 5.30. The summed E-state index contributed by atoms with van der Waals surface area (Å²) < 4.78 is 57.1. The highest BCUT2D eigenvalue weighted by atomic mass is 32.2. The van der Waals surface area contributed by atoms with Gasteiger partial charge < -0.3 is 14.5 Å². The zero-order valence-corrected chi connectivity index (χ0v) is 21.1. The van der Waals surface area contributed by atoms with Gasteiger partial charge in [0.15, 0.2) is 17.4 Å². The number of halogens is 2. The molecule has 0 saturated carbocycles. The number of aromatic nitrogens is 2. The van der Waals surface area contributed by atoms with Crippen LogP contribution >= 0.6 is 0 Å². The molecular weight excluding hydrogens is 490 g/mol. The van der Waals surface area contributed by atoms with E-state index >= 15 is 0 Å². The number of nitrogens with zero attached hydrogens (tertiary/aromatic N) is 4. The van der Waals surface area contributed by atoms with Crippen LogP contribution in [-0.2, 0) is 27.6 Å². The van der Waals surface area contributed by atoms with Crippen LogP contribution in [0.5, 0.6) is 5.75 Å². The predicted octanol–water partition coefficient (Wildman–Crippen LogP) is 3.00. The van der Waals surface area contributed by atoms with Gasteiger partial charge in [-0.2, -0.15) is 0 Å². The molecule has 2 aromatic rings. The van der Waals surface area contributed by atoms with Crippen LogP contribution in [0.4, 0.5) is 14.6 Å². The van der Waals surface area contributed by atoms with Crippen molar-refractivity contribution in [1.82, 2.24) is 14.9 Å². The summed E-state index contributed by atoms with van der Waals surface area (Å²) in [5.41, 5.74) is 2.47. The van der Waals surface area contributed by atoms with Gasteiger partial charge in [-0.25, -0.2) is 27.2 Å². The van der Waals surface area contributed by atoms with Crippen LogP contribution in [-0.4, -0.2) is 66.4 Å². The van der Waals surface area contributed by atoms with Gasteiger partial charge in [-0.15, -0.1) is 0 Å². The lowest BCUT2D eigenvalue weighted by atomic mass is 9.96. The van der Waals surface area contributed by atoms with Gasteiger partial charge in [-0.05, 0) is 25.0 Å². The number of sulfone groups is 1. The van der Waals surface area contributed by atoms with Crippen molar-refractivity contribution in [3.63, 3.8) is 0 Å². The average Bonchev–Trinajstić information content (AvgIpc) is 2.85. The first-order chi connectivity index (χ1) is 17.2. The largest absolute Gasteiger partial charge is 0.487 e. The first-order valence-electron chi connectivity index (χ1n) is 12.4. The van der Waals surface area contributed by atoms with Gasteiger partial charge in [0.05, 0.1) is 35.1 Å². The Kier molecular flexibility index (Phi) is 6.84. The van der Waals surface area contributed by atoms with Gasteiger partial charge in [0.25, 0.3) is 0 Å². The second-order valence-electron chi connectivity index (χ2n) is 9.82. The molecule has 3 aliphatic heterocycles. The van der Waals surface area contributed by atoms with Crippen molar-refractivity contribution in [3.05, 3.63) is 46.9 Å². The normalized spacial score (nSPS) is 20.8. The molecule has 2 fully saturated rings. The quantitative estimate of drug-likeness (QED) is 0.612. The Morgan fingerprint density at radius 3 is 2.42 bits per heavy atom. The van der Waals surface area contributed by atoms with E-state index in [0.717, 1.165) is 29.0 Å². The number of ether oxygens (including phenoxy) is 1. The summed E-state index contributed by atoms with van der Waals surface area (Å²) in [6.07, 6.45) is 2.68. The Labute approximate surface area is 209 Å². The first kappa shape index (κ1) is 24.9. The maximum Gasteiger partial charge on any atom is 0.219 e. The molecule has 3 aliphatic rings. The van der Waals surface area contributed by atoms with Crippen LogP contribution in [0.1, 0.15) is 55.6 Å². The van der Waals surface area contributed by atoms with Crippen molar-refractivity contribution in [3.8, 4) is 5.75 Å². The molecule has 0 unspecified atom stereocenters. The van der Waals surface area contributed by atoms with Crippen molar-refractivity contribution >= 4 is 21.6 Å². The van der Waals surface area contributed by atoms with Gasteiger partial charge >= 0.3 is 0 Å². The van der Waals surface area contributed by atoms with E-state index in [0.29, 0.717) is 58.3 Å². The highest BCUT2D eigenvalue weighted by Crippen LogP contribution is 2.36. The monoisotopic (exact) mass is 520 g/mol. The number of hydrogen-bond acceptors (Lipinski definition) is 7. The number of piperidine rings is 1. The molecular formula is C25H30F2N4O4S. The molecule has 5 rings (SSSR count). The number of carbonyl (C=O) groups excluding carboxylic acids is 1. The molecule has 194 valence electrons. The Morgan fingerprint density at radius 2 is 1.75 bits per heavy atom. The van der Waals surface area contributed by atoms with Crippen molar-refractivity contribution in [1.29, 1.82) is 0 Å². The van der Waals surface area contributed by atoms with E-state index in [1.165, 1.54) is 12.1 Å². The van der Waals surface area contributed by atoms with Crippen molar-refractivity contribution in [2.45, 2.75) is 57.6 Å². The maximum absolute atomic E-state index is 14.0. The van der Waals surface area contributed by atoms with E-state index in [1.54, 1.807) is 11.8 Å². The van der Waals surface area contributed by atoms with Gasteiger partial charge in [0.1, 0.15) is 21.8 Å². The predicted molar refractivity (Wildman–Crippen MR) is 130 cm³/mol. The first-order valence-corrected chi connectivity index (χ1v) is 14.2. The number of benzene rings is 1. The lowest BCUT2D eigenvalue weighted by molar-refractivity contribution is -0.129. The van der Waals surface area contributed by atoms with Crippen LogP contribution in [0.15, 0.2) is 18.2 Å². The summed E-state index contributed by atoms with van der Waals surface area (Å²) in [5, 5.41) is 0. The molecule has 2 saturated heterocycles. The molecule has 11 heteroatoms. The minimum Gasteiger partial charge on any atom is -0.487 e. The summed E-state index contributed by atoms with van der Waals surface area (Å²) in [6, 6.07) is 3.31. The molecule has 4 heterocycles. The van der Waals surface area contributed by atoms with Gasteiger partial charge in [-0.3, -0.25) is 4.79 Å². The molecule has 0 spiro atoms. The fourth-order valence-corrected chi connectivity index (χ4v) is 6.70. The zero-order valence-electron chi connectivity index (χ0n) is 20.3. The lowest BCUT2D eigenvalue weighted by Gasteiger charge is -2.36. The average molecular weight is 521 g/mol. The lowest BCUT2D eigenvalue weighted by Crippen LogP contribution is -2.41. The Morgan fingerprint density at radius 1 is 1.03 bits per heavy atom. The van der Waals surface area contributed by atoms with E-state index in [-0.39, 0.29) is 35.2 Å². The van der Waals surface area contributed by atoms with E-state index in [9.17, 15) is 22.0 Å². The van der Waals surface area contributed by atoms with Gasteiger partial charge in [-0.1, -0.05) is 0 Å². The zero-order chi connectivity index (χ0) is 25.4. The van der Waals surface area contributed by atoms with Crippen LogP contribution in [0.25, 0.3) is 0 Å². The highest BCUT2D eigenvalue weighted by molar-refractivity contribution is 7.91. The molecule has 8 nitrogen and oxygen atoms in total. The molecule has 0 aliphatic carbocycles. The van der Waals surface area contributed by atoms with E-state index in [1.807, 2.05) is 0 Å². The number of carbonyl (C=O) groups is 1. The molecule has 0 N–H and O–H groups in total. The van der Waals surface area contributed by atoms with E-state index in [2.05, 4.69) is 4.90 Å². The SMILES string of the molecule is CC(=O)N1CCc2nc(N3CCC(Oc4ccc(F)cc4F)CC3)c(C3CCS(=O)(=O)CC3)nc2C1. The third-order valence-corrected chi connectivity index (χ3v) is 9.05. The number of fused-ring (bicyclic) bond motifs is 1. The number of rotatable bonds is 4. The molecule has 0 bridgehead atoms. The minimum atomic E-state index is -3.03. The smallest absolute Gasteiger partial charge is 0.219 e. The van der Waals surface area contributed by atoms with E-state index < -0.39 is 21.5 Å². The van der Waals surface area contributed by atoms with Crippen molar-refractivity contribution in [2.24, 2.45) is 0 Å². The van der Waals surface area contributed by atoms with Crippen LogP contribution in [0.3, 0.4) is 0 Å². The molecule has 0 radical (unpaired) electrons. The maximum atomic E-state index is 14.0. The van der Waals surface area contributed by atoms with Crippen LogP contribution in [0, 0.1) is 11.6 Å². The van der Waals surface area contributed by atoms with Crippen molar-refractivity contribution in [2.75, 3.05) is 36.0 Å². The summed E-state index contributed by atoms with van der Waals surface area (Å²) in [7, 11) is -3.03. The van der Waals surface area contributed by atoms with Crippen LogP contribution < -0.4 is 9.64 Å². The Balaban J connectivity index is 1.37. The van der Waals surface area contributed by atoms with Gasteiger partial charge in [0, 0.05) is 57.8 Å². The second kappa shape index (κ2) is 9.91.